The van der Waals surface area contributed by atoms with Crippen molar-refractivity contribution < 1.29 is 9.59 Å². The van der Waals surface area contributed by atoms with Gasteiger partial charge in [-0.15, -0.1) is 0 Å². The molecule has 1 aliphatic rings. The Labute approximate surface area is 119 Å². The zero-order valence-electron chi connectivity index (χ0n) is 12.1. The van der Waals surface area contributed by atoms with E-state index in [4.69, 9.17) is 0 Å². The highest BCUT2D eigenvalue weighted by Crippen LogP contribution is 2.37. The van der Waals surface area contributed by atoms with Gasteiger partial charge < -0.3 is 10.2 Å². The van der Waals surface area contributed by atoms with Crippen molar-refractivity contribution in [3.05, 3.63) is 35.9 Å². The Bertz CT molecular complexity index is 561. The number of anilines is 1. The molecular formula is C16H20N2O2. The number of carbonyl (C=O) groups is 2. The highest BCUT2D eigenvalue weighted by molar-refractivity contribution is 6.35. The molecule has 0 unspecified atom stereocenters. The first kappa shape index (κ1) is 14.3. The van der Waals surface area contributed by atoms with Gasteiger partial charge in [0.2, 0.25) is 5.91 Å². The van der Waals surface area contributed by atoms with Gasteiger partial charge >= 0.3 is 0 Å². The first-order valence-corrected chi connectivity index (χ1v) is 6.98. The first-order valence-electron chi connectivity index (χ1n) is 6.98. The van der Waals surface area contributed by atoms with Crippen LogP contribution in [0.15, 0.2) is 30.3 Å². The summed E-state index contributed by atoms with van der Waals surface area (Å²) < 4.78 is 0. The van der Waals surface area contributed by atoms with Crippen LogP contribution in [-0.4, -0.2) is 24.4 Å². The minimum absolute atomic E-state index is 0.0632. The van der Waals surface area contributed by atoms with E-state index in [0.29, 0.717) is 12.1 Å². The lowest BCUT2D eigenvalue weighted by molar-refractivity contribution is -0.117. The molecule has 2 amide bonds. The highest BCUT2D eigenvalue weighted by atomic mass is 16.2. The molecule has 1 aromatic carbocycles. The van der Waals surface area contributed by atoms with E-state index in [2.05, 4.69) is 5.32 Å². The summed E-state index contributed by atoms with van der Waals surface area (Å²) in [4.78, 5) is 26.1. The van der Waals surface area contributed by atoms with Crippen LogP contribution >= 0.6 is 0 Å². The first-order chi connectivity index (χ1) is 9.56. The zero-order valence-corrected chi connectivity index (χ0v) is 12.1. The van der Waals surface area contributed by atoms with Crippen LogP contribution in [0.5, 0.6) is 0 Å². The summed E-state index contributed by atoms with van der Waals surface area (Å²) in [5, 5.41) is 2.77. The van der Waals surface area contributed by atoms with Gasteiger partial charge in [-0.3, -0.25) is 9.59 Å². The van der Waals surface area contributed by atoms with Crippen molar-refractivity contribution in [2.45, 2.75) is 33.2 Å². The molecule has 1 N–H and O–H groups in total. The fourth-order valence-corrected chi connectivity index (χ4v) is 2.35. The Kier molecular flexibility index (Phi) is 4.23. The Morgan fingerprint density at radius 1 is 1.35 bits per heavy atom. The molecule has 1 aliphatic heterocycles. The summed E-state index contributed by atoms with van der Waals surface area (Å²) in [7, 11) is 0. The highest BCUT2D eigenvalue weighted by Gasteiger charge is 2.33. The van der Waals surface area contributed by atoms with Gasteiger partial charge in [-0.2, -0.15) is 0 Å². The lowest BCUT2D eigenvalue weighted by Crippen LogP contribution is -2.33. The predicted octanol–water partition coefficient (Wildman–Crippen LogP) is 2.35. The number of para-hydroxylation sites is 1. The normalized spacial score (nSPS) is 15.9. The van der Waals surface area contributed by atoms with Gasteiger partial charge in [0.15, 0.2) is 0 Å². The molecule has 0 bridgehead atoms. The third kappa shape index (κ3) is 2.59. The Morgan fingerprint density at radius 3 is 2.70 bits per heavy atom. The number of fused-ring (bicyclic) bond motifs is 1. The molecule has 2 rings (SSSR count). The Morgan fingerprint density at radius 2 is 2.05 bits per heavy atom. The molecule has 1 aromatic rings. The molecule has 1 heterocycles. The number of nitrogens with one attached hydrogen (secondary N) is 1. The zero-order chi connectivity index (χ0) is 14.7. The molecule has 0 aromatic heterocycles. The van der Waals surface area contributed by atoms with Crippen LogP contribution in [-0.2, 0) is 9.59 Å². The predicted molar refractivity (Wildman–Crippen MR) is 80.3 cm³/mol. The molecule has 0 saturated carbocycles. The van der Waals surface area contributed by atoms with Gasteiger partial charge in [-0.25, -0.2) is 0 Å². The second-order valence-electron chi connectivity index (χ2n) is 5.14. The second-order valence-corrected chi connectivity index (χ2v) is 5.14. The van der Waals surface area contributed by atoms with E-state index < -0.39 is 0 Å². The van der Waals surface area contributed by atoms with Gasteiger partial charge in [-0.05, 0) is 26.3 Å². The van der Waals surface area contributed by atoms with Gasteiger partial charge in [0.25, 0.3) is 5.91 Å². The van der Waals surface area contributed by atoms with Crippen molar-refractivity contribution in [3.8, 4) is 0 Å². The summed E-state index contributed by atoms with van der Waals surface area (Å²) in [6.07, 6.45) is 2.29. The van der Waals surface area contributed by atoms with E-state index in [-0.39, 0.29) is 17.9 Å². The number of carbonyl (C=O) groups excluding carboxylic acids is 2. The van der Waals surface area contributed by atoms with Crippen LogP contribution in [0.2, 0.25) is 0 Å². The second kappa shape index (κ2) is 5.90. The van der Waals surface area contributed by atoms with Gasteiger partial charge in [0, 0.05) is 24.2 Å². The van der Waals surface area contributed by atoms with Crippen LogP contribution in [0.4, 0.5) is 5.69 Å². The maximum atomic E-state index is 12.5. The fraction of sp³-hybridized carbons (Fsp3) is 0.375. The largest absolute Gasteiger partial charge is 0.353 e. The molecule has 0 atom stereocenters. The third-order valence-corrected chi connectivity index (χ3v) is 3.24. The van der Waals surface area contributed by atoms with E-state index in [1.807, 2.05) is 45.0 Å². The van der Waals surface area contributed by atoms with Crippen LogP contribution < -0.4 is 10.2 Å². The van der Waals surface area contributed by atoms with Crippen molar-refractivity contribution >= 4 is 23.1 Å². The van der Waals surface area contributed by atoms with Crippen molar-refractivity contribution in [2.75, 3.05) is 11.4 Å². The monoisotopic (exact) mass is 272 g/mol. The maximum absolute atomic E-state index is 12.5. The van der Waals surface area contributed by atoms with Crippen LogP contribution in [0.1, 0.15) is 32.8 Å². The molecule has 0 radical (unpaired) electrons. The molecule has 0 spiro atoms. The van der Waals surface area contributed by atoms with Crippen LogP contribution in [0.3, 0.4) is 0 Å². The summed E-state index contributed by atoms with van der Waals surface area (Å²) in [6.45, 7) is 6.54. The average Bonchev–Trinajstić information content (AvgIpc) is 2.69. The number of nitrogens with zero attached hydrogens (tertiary/aromatic N) is 1. The smallest absolute Gasteiger partial charge is 0.259 e. The van der Waals surface area contributed by atoms with E-state index in [1.54, 1.807) is 4.90 Å². The van der Waals surface area contributed by atoms with E-state index in [9.17, 15) is 9.59 Å². The van der Waals surface area contributed by atoms with Crippen molar-refractivity contribution in [1.82, 2.24) is 5.32 Å². The number of amides is 2. The molecular weight excluding hydrogens is 252 g/mol. The molecule has 4 nitrogen and oxygen atoms in total. The quantitative estimate of drug-likeness (QED) is 0.855. The molecule has 0 saturated heterocycles. The summed E-state index contributed by atoms with van der Waals surface area (Å²) in [5.74, 6) is -0.316. The molecule has 0 aliphatic carbocycles. The molecule has 0 fully saturated rings. The van der Waals surface area contributed by atoms with Crippen molar-refractivity contribution in [2.24, 2.45) is 0 Å². The van der Waals surface area contributed by atoms with E-state index in [1.165, 1.54) is 6.08 Å². The van der Waals surface area contributed by atoms with Crippen LogP contribution in [0, 0.1) is 0 Å². The van der Waals surface area contributed by atoms with Gasteiger partial charge in [0.1, 0.15) is 0 Å². The number of hydrogen-bond donors (Lipinski definition) is 1. The molecule has 20 heavy (non-hydrogen) atoms. The Balaban J connectivity index is 2.38. The van der Waals surface area contributed by atoms with Crippen molar-refractivity contribution in [1.29, 1.82) is 0 Å². The topological polar surface area (TPSA) is 49.4 Å². The third-order valence-electron chi connectivity index (χ3n) is 3.24. The lowest BCUT2D eigenvalue weighted by Gasteiger charge is -2.21. The summed E-state index contributed by atoms with van der Waals surface area (Å²) in [5.41, 5.74) is 2.18. The van der Waals surface area contributed by atoms with Crippen molar-refractivity contribution in [3.63, 3.8) is 0 Å². The SMILES string of the molecule is CCCNC(=O)/C=C1\C(=O)N(C(C)C)c2ccccc21. The summed E-state index contributed by atoms with van der Waals surface area (Å²) >= 11 is 0. The Hall–Kier alpha value is -2.10. The molecule has 106 valence electrons. The maximum Gasteiger partial charge on any atom is 0.259 e. The van der Waals surface area contributed by atoms with Gasteiger partial charge in [-0.1, -0.05) is 25.1 Å². The minimum atomic E-state index is -0.212. The number of rotatable bonds is 4. The standard InChI is InChI=1S/C16H20N2O2/c1-4-9-17-15(19)10-13-12-7-5-6-8-14(12)18(11(2)3)16(13)20/h5-8,10-11H,4,9H2,1-3H3,(H,17,19)/b13-10-. The van der Waals surface area contributed by atoms with Crippen LogP contribution in [0.25, 0.3) is 5.57 Å². The fourth-order valence-electron chi connectivity index (χ4n) is 2.35. The minimum Gasteiger partial charge on any atom is -0.353 e. The average molecular weight is 272 g/mol. The molecule has 4 heteroatoms. The van der Waals surface area contributed by atoms with E-state index >= 15 is 0 Å². The van der Waals surface area contributed by atoms with Gasteiger partial charge in [0.05, 0.1) is 11.3 Å². The van der Waals surface area contributed by atoms with E-state index in [0.717, 1.165) is 17.7 Å². The summed E-state index contributed by atoms with van der Waals surface area (Å²) in [6, 6.07) is 7.65. The number of benzene rings is 1. The lowest BCUT2D eigenvalue weighted by atomic mass is 10.1. The number of hydrogen-bond acceptors (Lipinski definition) is 2.